The van der Waals surface area contributed by atoms with Gasteiger partial charge in [0.25, 0.3) is 0 Å². The third kappa shape index (κ3) is 5.62. The van der Waals surface area contributed by atoms with Crippen molar-refractivity contribution in [2.75, 3.05) is 34.8 Å². The van der Waals surface area contributed by atoms with Crippen molar-refractivity contribution in [1.29, 1.82) is 0 Å². The number of aryl methyl sites for hydroxylation is 2. The van der Waals surface area contributed by atoms with Crippen molar-refractivity contribution in [2.24, 2.45) is 0 Å². The van der Waals surface area contributed by atoms with E-state index in [4.69, 9.17) is 9.97 Å². The second-order valence-electron chi connectivity index (χ2n) is 9.85. The van der Waals surface area contributed by atoms with Crippen molar-refractivity contribution in [3.8, 4) is 0 Å². The third-order valence-corrected chi connectivity index (χ3v) is 7.23. The lowest BCUT2D eigenvalue weighted by Crippen LogP contribution is -2.54. The van der Waals surface area contributed by atoms with Gasteiger partial charge in [-0.3, -0.25) is 9.80 Å². The first-order chi connectivity index (χ1) is 17.5. The fraction of sp³-hybridized carbons (Fsp3) is 0.433. The Bertz CT molecular complexity index is 1200. The van der Waals surface area contributed by atoms with E-state index >= 15 is 0 Å². The van der Waals surface area contributed by atoms with Gasteiger partial charge in [-0.25, -0.2) is 14.8 Å². The molecule has 0 bridgehead atoms. The molecule has 1 saturated carbocycles. The molecule has 0 atom stereocenters. The van der Waals surface area contributed by atoms with Crippen LogP contribution in [-0.2, 0) is 13.0 Å². The van der Waals surface area contributed by atoms with Gasteiger partial charge < -0.3 is 10.6 Å². The zero-order chi connectivity index (χ0) is 25.1. The van der Waals surface area contributed by atoms with Crippen LogP contribution in [0.25, 0.3) is 0 Å². The van der Waals surface area contributed by atoms with Crippen molar-refractivity contribution >= 4 is 23.2 Å². The first kappa shape index (κ1) is 26.6. The van der Waals surface area contributed by atoms with Gasteiger partial charge in [0.15, 0.2) is 0 Å². The van der Waals surface area contributed by atoms with E-state index < -0.39 is 0 Å². The lowest BCUT2D eigenvalue weighted by atomic mass is 9.90. The second-order valence-corrected chi connectivity index (χ2v) is 9.85. The summed E-state index contributed by atoms with van der Waals surface area (Å²) in [6.07, 6.45) is 5.76. The molecule has 2 heterocycles. The van der Waals surface area contributed by atoms with Crippen LogP contribution in [0.15, 0.2) is 48.7 Å². The largest absolute Gasteiger partial charge is 0.384 e. The molecule has 7 nitrogen and oxygen atoms in total. The molecule has 2 N–H and O–H groups in total. The number of rotatable bonds is 9. The minimum Gasteiger partial charge on any atom is -0.384 e. The van der Waals surface area contributed by atoms with E-state index in [-0.39, 0.29) is 19.5 Å². The summed E-state index contributed by atoms with van der Waals surface area (Å²) in [7, 11) is 0. The second kappa shape index (κ2) is 11.7. The molecule has 196 valence electrons. The lowest BCUT2D eigenvalue weighted by molar-refractivity contribution is 0.242. The molecule has 2 aliphatic rings. The standard InChI is InChI=1S/C29H36N6O.CH4/c1-4-30-15-16-31-24-13-11-22(12-14-24)17-26-32-18-23-19-34(27-20(2)7-5-8-21(27)3)29(36)35(28(23)33-26)25-9-6-10-25;/h5,7-8,11-14,18,25,30-31H,4,6,9-10,15-17,19H2,1-3H3;1H4. The number of anilines is 3. The Morgan fingerprint density at radius 3 is 2.41 bits per heavy atom. The van der Waals surface area contributed by atoms with Crippen molar-refractivity contribution in [2.45, 2.75) is 66.5 Å². The molecule has 37 heavy (non-hydrogen) atoms. The van der Waals surface area contributed by atoms with Gasteiger partial charge in [0.05, 0.1) is 12.2 Å². The number of aromatic nitrogens is 2. The van der Waals surface area contributed by atoms with Crippen LogP contribution in [-0.4, -0.2) is 41.7 Å². The van der Waals surface area contributed by atoms with E-state index in [0.717, 1.165) is 84.2 Å². The molecule has 1 aromatic heterocycles. The normalized spacial score (nSPS) is 15.2. The predicted octanol–water partition coefficient (Wildman–Crippen LogP) is 5.84. The van der Waals surface area contributed by atoms with Crippen LogP contribution in [0, 0.1) is 13.8 Å². The number of para-hydroxylation sites is 1. The number of nitrogens with one attached hydrogen (secondary N) is 2. The van der Waals surface area contributed by atoms with E-state index in [9.17, 15) is 4.79 Å². The zero-order valence-electron chi connectivity index (χ0n) is 21.6. The van der Waals surface area contributed by atoms with Gasteiger partial charge >= 0.3 is 6.03 Å². The van der Waals surface area contributed by atoms with E-state index in [2.05, 4.69) is 67.8 Å². The Hall–Kier alpha value is -3.45. The lowest BCUT2D eigenvalue weighted by Gasteiger charge is -2.44. The molecule has 5 rings (SSSR count). The van der Waals surface area contributed by atoms with Gasteiger partial charge in [-0.2, -0.15) is 0 Å². The van der Waals surface area contributed by atoms with E-state index in [1.54, 1.807) is 0 Å². The molecule has 7 heteroatoms. The topological polar surface area (TPSA) is 73.4 Å². The maximum Gasteiger partial charge on any atom is 0.330 e. The average Bonchev–Trinajstić information content (AvgIpc) is 2.84. The molecular formula is C30H40N6O. The summed E-state index contributed by atoms with van der Waals surface area (Å²) < 4.78 is 0. The molecule has 2 amide bonds. The highest BCUT2D eigenvalue weighted by atomic mass is 16.2. The first-order valence-electron chi connectivity index (χ1n) is 13.1. The molecule has 0 spiro atoms. The van der Waals surface area contributed by atoms with Crippen molar-refractivity contribution in [3.63, 3.8) is 0 Å². The number of carbonyl (C=O) groups excluding carboxylic acids is 1. The molecule has 0 saturated heterocycles. The Labute approximate surface area is 221 Å². The molecule has 1 aliphatic heterocycles. The Balaban J connectivity index is 0.00000320. The van der Waals surface area contributed by atoms with Gasteiger partial charge in [-0.15, -0.1) is 0 Å². The average molecular weight is 501 g/mol. The number of carbonyl (C=O) groups is 1. The predicted molar refractivity (Wildman–Crippen MR) is 153 cm³/mol. The van der Waals surface area contributed by atoms with E-state index in [1.807, 2.05) is 22.1 Å². The molecule has 0 unspecified atom stereocenters. The fourth-order valence-corrected chi connectivity index (χ4v) is 5.07. The van der Waals surface area contributed by atoms with Crippen molar-refractivity contribution in [3.05, 3.63) is 76.7 Å². The van der Waals surface area contributed by atoms with Gasteiger partial charge in [-0.1, -0.05) is 44.7 Å². The maximum atomic E-state index is 13.8. The smallest absolute Gasteiger partial charge is 0.330 e. The van der Waals surface area contributed by atoms with E-state index in [0.29, 0.717) is 13.0 Å². The Morgan fingerprint density at radius 2 is 1.76 bits per heavy atom. The van der Waals surface area contributed by atoms with Crippen molar-refractivity contribution in [1.82, 2.24) is 15.3 Å². The number of hydrogen-bond acceptors (Lipinski definition) is 5. The minimum atomic E-state index is 0. The summed E-state index contributed by atoms with van der Waals surface area (Å²) in [6, 6.07) is 14.9. The summed E-state index contributed by atoms with van der Waals surface area (Å²) in [5.41, 5.74) is 6.49. The van der Waals surface area contributed by atoms with Crippen LogP contribution >= 0.6 is 0 Å². The SMILES string of the molecule is C.CCNCCNc1ccc(Cc2ncc3c(n2)N(C2CCC2)C(=O)N(c2c(C)cccc2C)C3)cc1. The summed E-state index contributed by atoms with van der Waals surface area (Å²) in [5.74, 6) is 1.54. The Kier molecular flexibility index (Phi) is 8.44. The van der Waals surface area contributed by atoms with Gasteiger partial charge in [0, 0.05) is 43.0 Å². The number of urea groups is 1. The highest BCUT2D eigenvalue weighted by Crippen LogP contribution is 2.38. The van der Waals surface area contributed by atoms with Crippen LogP contribution in [0.5, 0.6) is 0 Å². The number of amides is 2. The third-order valence-electron chi connectivity index (χ3n) is 7.23. The summed E-state index contributed by atoms with van der Waals surface area (Å²) in [4.78, 5) is 27.4. The van der Waals surface area contributed by atoms with E-state index in [1.165, 1.54) is 0 Å². The fourth-order valence-electron chi connectivity index (χ4n) is 5.07. The van der Waals surface area contributed by atoms with Crippen LogP contribution < -0.4 is 20.4 Å². The van der Waals surface area contributed by atoms with Gasteiger partial charge in [-0.05, 0) is 68.5 Å². The van der Waals surface area contributed by atoms with Crippen LogP contribution in [0.2, 0.25) is 0 Å². The quantitative estimate of drug-likeness (QED) is 0.361. The summed E-state index contributed by atoms with van der Waals surface area (Å²) >= 11 is 0. The first-order valence-corrected chi connectivity index (χ1v) is 13.1. The molecule has 3 aromatic rings. The number of likely N-dealkylation sites (N-methyl/N-ethyl adjacent to an activating group) is 1. The number of fused-ring (bicyclic) bond motifs is 1. The molecule has 0 radical (unpaired) electrons. The molecule has 1 fully saturated rings. The van der Waals surface area contributed by atoms with Gasteiger partial charge in [0.2, 0.25) is 0 Å². The Morgan fingerprint density at radius 1 is 1.03 bits per heavy atom. The van der Waals surface area contributed by atoms with Crippen molar-refractivity contribution < 1.29 is 4.79 Å². The van der Waals surface area contributed by atoms with Gasteiger partial charge in [0.1, 0.15) is 11.6 Å². The monoisotopic (exact) mass is 500 g/mol. The van der Waals surface area contributed by atoms with Crippen LogP contribution in [0.1, 0.15) is 61.7 Å². The summed E-state index contributed by atoms with van der Waals surface area (Å²) in [6.45, 7) is 9.57. The summed E-state index contributed by atoms with van der Waals surface area (Å²) in [5, 5.41) is 6.75. The van der Waals surface area contributed by atoms with Crippen LogP contribution in [0.4, 0.5) is 22.0 Å². The highest BCUT2D eigenvalue weighted by Gasteiger charge is 2.40. The molecule has 2 aromatic carbocycles. The maximum absolute atomic E-state index is 13.8. The molecule has 1 aliphatic carbocycles. The van der Waals surface area contributed by atoms with Crippen LogP contribution in [0.3, 0.4) is 0 Å². The highest BCUT2D eigenvalue weighted by molar-refractivity contribution is 6.06. The molecular weight excluding hydrogens is 460 g/mol. The zero-order valence-corrected chi connectivity index (χ0v) is 21.6. The number of hydrogen-bond donors (Lipinski definition) is 2. The minimum absolute atomic E-state index is 0. The number of benzene rings is 2. The number of nitrogens with zero attached hydrogens (tertiary/aromatic N) is 4.